The summed E-state index contributed by atoms with van der Waals surface area (Å²) in [4.78, 5) is 25.5. The summed E-state index contributed by atoms with van der Waals surface area (Å²) < 4.78 is 62.4. The number of hydrogen-bond donors (Lipinski definition) is 2. The second-order valence-corrected chi connectivity index (χ2v) is 8.91. The molecule has 30 heavy (non-hydrogen) atoms. The van der Waals surface area contributed by atoms with Crippen LogP contribution in [0.3, 0.4) is 0 Å². The third-order valence-corrected chi connectivity index (χ3v) is 6.04. The molecule has 1 amide bonds. The number of carbonyl (C=O) groups excluding carboxylic acids is 1. The Kier molecular flexibility index (Phi) is 7.77. The zero-order valence-corrected chi connectivity index (χ0v) is 16.8. The predicted molar refractivity (Wildman–Crippen MR) is 97.5 cm³/mol. The van der Waals surface area contributed by atoms with Gasteiger partial charge in [-0.3, -0.25) is 9.78 Å². The van der Waals surface area contributed by atoms with Crippen LogP contribution >= 0.6 is 0 Å². The summed E-state index contributed by atoms with van der Waals surface area (Å²) in [7, 11) is -3.33. The molecule has 0 aliphatic carbocycles. The zero-order chi connectivity index (χ0) is 22.5. The van der Waals surface area contributed by atoms with E-state index in [0.29, 0.717) is 19.7 Å². The molecular formula is C17H22F3N3O6S. The van der Waals surface area contributed by atoms with Crippen molar-refractivity contribution in [1.29, 1.82) is 0 Å². The molecule has 13 heteroatoms. The van der Waals surface area contributed by atoms with Crippen LogP contribution in [0.15, 0.2) is 24.5 Å². The molecule has 9 nitrogen and oxygen atoms in total. The van der Waals surface area contributed by atoms with Crippen molar-refractivity contribution >= 4 is 21.9 Å². The Morgan fingerprint density at radius 1 is 1.37 bits per heavy atom. The Hall–Kier alpha value is -2.25. The molecule has 1 aromatic heterocycles. The van der Waals surface area contributed by atoms with Crippen molar-refractivity contribution in [3.05, 3.63) is 30.1 Å². The van der Waals surface area contributed by atoms with E-state index < -0.39 is 22.2 Å². The van der Waals surface area contributed by atoms with Crippen LogP contribution in [0.2, 0.25) is 0 Å². The minimum atomic E-state index is -5.08. The third-order valence-electron chi connectivity index (χ3n) is 4.80. The highest BCUT2D eigenvalue weighted by atomic mass is 32.2. The van der Waals surface area contributed by atoms with Gasteiger partial charge in [0.25, 0.3) is 0 Å². The number of amides is 1. The van der Waals surface area contributed by atoms with Crippen molar-refractivity contribution in [2.45, 2.75) is 25.2 Å². The molecule has 2 aliphatic rings. The molecular weight excluding hydrogens is 431 g/mol. The van der Waals surface area contributed by atoms with Gasteiger partial charge in [0.1, 0.15) is 0 Å². The summed E-state index contributed by atoms with van der Waals surface area (Å²) in [5.41, 5.74) is 0.913. The number of rotatable bonds is 4. The molecule has 0 saturated carbocycles. The molecule has 3 atom stereocenters. The number of carboxylic acids is 1. The molecule has 1 aromatic rings. The van der Waals surface area contributed by atoms with E-state index in [2.05, 4.69) is 10.3 Å². The van der Waals surface area contributed by atoms with Crippen molar-refractivity contribution in [3.8, 4) is 0 Å². The fourth-order valence-corrected chi connectivity index (χ4v) is 4.16. The first-order valence-electron chi connectivity index (χ1n) is 8.93. The summed E-state index contributed by atoms with van der Waals surface area (Å²) in [6.07, 6.45) is 0.0790. The van der Waals surface area contributed by atoms with Crippen LogP contribution < -0.4 is 5.32 Å². The maximum absolute atomic E-state index is 12.6. The number of pyridine rings is 1. The van der Waals surface area contributed by atoms with E-state index >= 15 is 0 Å². The quantitative estimate of drug-likeness (QED) is 0.685. The average Bonchev–Trinajstić information content (AvgIpc) is 3.14. The maximum Gasteiger partial charge on any atom is 0.490 e. The van der Waals surface area contributed by atoms with Crippen LogP contribution in [0, 0.1) is 11.8 Å². The van der Waals surface area contributed by atoms with Gasteiger partial charge in [-0.2, -0.15) is 17.5 Å². The van der Waals surface area contributed by atoms with Gasteiger partial charge in [-0.25, -0.2) is 13.2 Å². The Balaban J connectivity index is 0.000000396. The molecule has 0 aromatic carbocycles. The molecule has 2 aliphatic heterocycles. The first-order valence-corrected chi connectivity index (χ1v) is 10.8. The lowest BCUT2D eigenvalue weighted by Crippen LogP contribution is -2.53. The van der Waals surface area contributed by atoms with E-state index in [0.717, 1.165) is 12.0 Å². The summed E-state index contributed by atoms with van der Waals surface area (Å²) >= 11 is 0. The molecule has 0 bridgehead atoms. The normalized spacial score (nSPS) is 24.3. The first kappa shape index (κ1) is 24.0. The highest BCUT2D eigenvalue weighted by Gasteiger charge is 2.46. The summed E-state index contributed by atoms with van der Waals surface area (Å²) in [6, 6.07) is 3.70. The number of carboxylic acid groups (broad SMARTS) is 1. The van der Waals surface area contributed by atoms with E-state index in [1.54, 1.807) is 12.4 Å². The van der Waals surface area contributed by atoms with Gasteiger partial charge < -0.3 is 15.2 Å². The topological polar surface area (TPSA) is 126 Å². The van der Waals surface area contributed by atoms with Crippen LogP contribution in [0.1, 0.15) is 12.0 Å². The van der Waals surface area contributed by atoms with Crippen molar-refractivity contribution in [2.24, 2.45) is 11.8 Å². The molecule has 3 heterocycles. The molecule has 0 spiro atoms. The first-order chi connectivity index (χ1) is 13.9. The van der Waals surface area contributed by atoms with Gasteiger partial charge in [0.05, 0.1) is 18.3 Å². The number of aliphatic carboxylic acids is 1. The Morgan fingerprint density at radius 2 is 2.03 bits per heavy atom. The molecule has 0 unspecified atom stereocenters. The Bertz CT molecular complexity index is 850. The van der Waals surface area contributed by atoms with Crippen molar-refractivity contribution < 1.29 is 41.0 Å². The number of fused-ring (bicyclic) bond motifs is 1. The lowest BCUT2D eigenvalue weighted by molar-refractivity contribution is -0.192. The minimum absolute atomic E-state index is 0.0851. The number of carbonyl (C=O) groups is 2. The molecule has 2 fully saturated rings. The van der Waals surface area contributed by atoms with E-state index in [1.807, 2.05) is 12.1 Å². The second kappa shape index (κ2) is 9.71. The van der Waals surface area contributed by atoms with Crippen molar-refractivity contribution in [1.82, 2.24) is 14.6 Å². The fraction of sp³-hybridized carbons (Fsp3) is 0.588. The lowest BCUT2D eigenvalue weighted by atomic mass is 9.83. The van der Waals surface area contributed by atoms with Crippen LogP contribution in [0.4, 0.5) is 13.2 Å². The zero-order valence-electron chi connectivity index (χ0n) is 16.0. The van der Waals surface area contributed by atoms with E-state index in [9.17, 15) is 26.4 Å². The maximum atomic E-state index is 12.6. The van der Waals surface area contributed by atoms with Crippen molar-refractivity contribution in [2.75, 3.05) is 26.0 Å². The van der Waals surface area contributed by atoms with Gasteiger partial charge in [0.15, 0.2) is 0 Å². The lowest BCUT2D eigenvalue weighted by Gasteiger charge is -2.37. The summed E-state index contributed by atoms with van der Waals surface area (Å²) in [6.45, 7) is 1.54. The van der Waals surface area contributed by atoms with Gasteiger partial charge in [0, 0.05) is 44.6 Å². The number of piperidine rings is 1. The van der Waals surface area contributed by atoms with Gasteiger partial charge >= 0.3 is 12.1 Å². The fourth-order valence-electron chi connectivity index (χ4n) is 3.31. The molecule has 168 valence electrons. The number of sulfonamides is 1. The predicted octanol–water partition coefficient (Wildman–Crippen LogP) is 0.628. The van der Waals surface area contributed by atoms with Crippen LogP contribution in [-0.4, -0.2) is 72.9 Å². The number of nitrogens with zero attached hydrogens (tertiary/aromatic N) is 2. The number of halogens is 3. The highest BCUT2D eigenvalue weighted by Crippen LogP contribution is 2.34. The van der Waals surface area contributed by atoms with Gasteiger partial charge in [-0.05, 0) is 18.1 Å². The van der Waals surface area contributed by atoms with Crippen LogP contribution in [-0.2, 0) is 30.9 Å². The smallest absolute Gasteiger partial charge is 0.475 e. The molecule has 2 saturated heterocycles. The van der Waals surface area contributed by atoms with E-state index in [4.69, 9.17) is 14.6 Å². The highest BCUT2D eigenvalue weighted by molar-refractivity contribution is 7.88. The number of hydrogen-bond acceptors (Lipinski definition) is 6. The van der Waals surface area contributed by atoms with E-state index in [1.165, 1.54) is 10.6 Å². The van der Waals surface area contributed by atoms with Gasteiger partial charge in [-0.15, -0.1) is 0 Å². The van der Waals surface area contributed by atoms with Gasteiger partial charge in [-0.1, -0.05) is 6.07 Å². The number of nitrogens with one attached hydrogen (secondary N) is 1. The second-order valence-electron chi connectivity index (χ2n) is 6.93. The van der Waals surface area contributed by atoms with Crippen molar-refractivity contribution in [3.63, 3.8) is 0 Å². The number of ether oxygens (including phenoxy) is 1. The summed E-state index contributed by atoms with van der Waals surface area (Å²) in [5.74, 6) is -3.17. The van der Waals surface area contributed by atoms with Gasteiger partial charge in [0.2, 0.25) is 15.9 Å². The largest absolute Gasteiger partial charge is 0.490 e. The third kappa shape index (κ3) is 6.64. The number of aromatic nitrogens is 1. The van der Waals surface area contributed by atoms with Crippen LogP contribution in [0.5, 0.6) is 0 Å². The standard InChI is InChI=1S/C15H21N3O4S.C2HF3O2/c1-23(20,21)18-9-13(12-4-6-22-14(12)10-18)15(19)17-8-11-3-2-5-16-7-11;3-2(4,5)1(6)7/h2-3,5,7,12-14H,4,6,8-10H2,1H3,(H,17,19);(H,6,7)/t12-,13+,14+;/m0./s1. The van der Waals surface area contributed by atoms with Crippen LogP contribution in [0.25, 0.3) is 0 Å². The molecule has 3 rings (SSSR count). The average molecular weight is 453 g/mol. The summed E-state index contributed by atoms with van der Waals surface area (Å²) in [5, 5.41) is 10.0. The monoisotopic (exact) mass is 453 g/mol. The minimum Gasteiger partial charge on any atom is -0.475 e. The van der Waals surface area contributed by atoms with E-state index in [-0.39, 0.29) is 30.4 Å². The molecule has 2 N–H and O–H groups in total. The molecule has 0 radical (unpaired) electrons. The Labute approximate surface area is 171 Å². The SMILES string of the molecule is CS(=O)(=O)N1C[C@H]2OCC[C@H]2[C@H](C(=O)NCc2cccnc2)C1.O=C(O)C(F)(F)F. The Morgan fingerprint density at radius 3 is 2.57 bits per heavy atom. The number of alkyl halides is 3.